The second kappa shape index (κ2) is 8.17. The van der Waals surface area contributed by atoms with E-state index in [4.69, 9.17) is 4.74 Å². The van der Waals surface area contributed by atoms with E-state index in [0.717, 1.165) is 29.7 Å². The molecule has 1 aromatic rings. The smallest absolute Gasteiger partial charge is 0.251 e. The van der Waals surface area contributed by atoms with Gasteiger partial charge in [-0.05, 0) is 59.4 Å². The average Bonchev–Trinajstić information content (AvgIpc) is 3.35. The summed E-state index contributed by atoms with van der Waals surface area (Å²) in [5.74, 6) is 1.20. The van der Waals surface area contributed by atoms with Crippen molar-refractivity contribution in [3.05, 3.63) is 46.6 Å². The SMILES string of the molecule is C=N/C(NC1(C)CC1)=C(\C)C(C(=O)NCc1ccc(OC)cn1)=C(C)C. The number of hydrogen-bond donors (Lipinski definition) is 2. The molecule has 0 atom stereocenters. The summed E-state index contributed by atoms with van der Waals surface area (Å²) in [6.07, 6.45) is 3.83. The molecular weight excluding hydrogens is 328 g/mol. The first-order valence-electron chi connectivity index (χ1n) is 8.70. The van der Waals surface area contributed by atoms with Crippen LogP contribution in [0.15, 0.2) is 45.9 Å². The zero-order valence-corrected chi connectivity index (χ0v) is 16.3. The molecule has 2 rings (SSSR count). The van der Waals surface area contributed by atoms with Crippen LogP contribution in [-0.2, 0) is 11.3 Å². The third-order valence-corrected chi connectivity index (χ3v) is 4.50. The Morgan fingerprint density at radius 3 is 2.50 bits per heavy atom. The highest BCUT2D eigenvalue weighted by Gasteiger charge is 2.38. The molecule has 2 N–H and O–H groups in total. The molecule has 1 aliphatic rings. The van der Waals surface area contributed by atoms with Crippen molar-refractivity contribution in [2.24, 2.45) is 4.99 Å². The van der Waals surface area contributed by atoms with Gasteiger partial charge in [0.05, 0.1) is 25.5 Å². The maximum absolute atomic E-state index is 12.8. The van der Waals surface area contributed by atoms with Crippen molar-refractivity contribution in [2.75, 3.05) is 7.11 Å². The van der Waals surface area contributed by atoms with Crippen molar-refractivity contribution in [1.82, 2.24) is 15.6 Å². The van der Waals surface area contributed by atoms with Gasteiger partial charge in [-0.2, -0.15) is 0 Å². The molecule has 1 saturated carbocycles. The van der Waals surface area contributed by atoms with Crippen molar-refractivity contribution in [3.63, 3.8) is 0 Å². The molecule has 0 aromatic carbocycles. The number of hydrogen-bond acceptors (Lipinski definition) is 5. The number of amides is 1. The topological polar surface area (TPSA) is 75.6 Å². The molecule has 140 valence electrons. The summed E-state index contributed by atoms with van der Waals surface area (Å²) in [5.41, 5.74) is 3.17. The number of methoxy groups -OCH3 is 1. The molecule has 6 nitrogen and oxygen atoms in total. The van der Waals surface area contributed by atoms with Gasteiger partial charge in [0, 0.05) is 16.7 Å². The Morgan fingerprint density at radius 2 is 2.04 bits per heavy atom. The van der Waals surface area contributed by atoms with Gasteiger partial charge in [0.1, 0.15) is 11.6 Å². The normalized spacial score (nSPS) is 15.4. The predicted molar refractivity (Wildman–Crippen MR) is 104 cm³/mol. The van der Waals surface area contributed by atoms with E-state index in [1.165, 1.54) is 0 Å². The molecule has 1 amide bonds. The van der Waals surface area contributed by atoms with Crippen LogP contribution in [0.25, 0.3) is 0 Å². The van der Waals surface area contributed by atoms with Crippen LogP contribution >= 0.6 is 0 Å². The van der Waals surface area contributed by atoms with E-state index in [-0.39, 0.29) is 11.4 Å². The number of carbonyl (C=O) groups is 1. The molecule has 1 aromatic heterocycles. The monoisotopic (exact) mass is 356 g/mol. The predicted octanol–water partition coefficient (Wildman–Crippen LogP) is 3.12. The number of aliphatic imine (C=N–C) groups is 1. The van der Waals surface area contributed by atoms with Crippen molar-refractivity contribution in [2.45, 2.75) is 52.6 Å². The van der Waals surface area contributed by atoms with Crippen molar-refractivity contribution in [3.8, 4) is 5.75 Å². The molecule has 0 unspecified atom stereocenters. The first-order chi connectivity index (χ1) is 12.3. The van der Waals surface area contributed by atoms with Crippen molar-refractivity contribution < 1.29 is 9.53 Å². The molecule has 26 heavy (non-hydrogen) atoms. The fourth-order valence-electron chi connectivity index (χ4n) is 2.64. The highest BCUT2D eigenvalue weighted by Crippen LogP contribution is 2.36. The Morgan fingerprint density at radius 1 is 1.35 bits per heavy atom. The zero-order valence-electron chi connectivity index (χ0n) is 16.3. The quantitative estimate of drug-likeness (QED) is 0.426. The van der Waals surface area contributed by atoms with Crippen LogP contribution in [-0.4, -0.2) is 30.3 Å². The average molecular weight is 356 g/mol. The van der Waals surface area contributed by atoms with E-state index >= 15 is 0 Å². The lowest BCUT2D eigenvalue weighted by Crippen LogP contribution is -2.30. The number of rotatable bonds is 8. The second-order valence-corrected chi connectivity index (χ2v) is 7.06. The maximum Gasteiger partial charge on any atom is 0.251 e. The summed E-state index contributed by atoms with van der Waals surface area (Å²) < 4.78 is 5.09. The van der Waals surface area contributed by atoms with Gasteiger partial charge in [-0.15, -0.1) is 0 Å². The summed E-state index contributed by atoms with van der Waals surface area (Å²) in [6, 6.07) is 3.65. The third-order valence-electron chi connectivity index (χ3n) is 4.50. The number of aromatic nitrogens is 1. The van der Waals surface area contributed by atoms with Gasteiger partial charge >= 0.3 is 0 Å². The van der Waals surface area contributed by atoms with Gasteiger partial charge in [0.15, 0.2) is 0 Å². The Hall–Kier alpha value is -2.63. The summed E-state index contributed by atoms with van der Waals surface area (Å²) in [5, 5.41) is 6.34. The molecule has 0 aliphatic heterocycles. The van der Waals surface area contributed by atoms with Crippen LogP contribution < -0.4 is 15.4 Å². The molecule has 1 fully saturated rings. The number of allylic oxidation sites excluding steroid dienone is 1. The van der Waals surface area contributed by atoms with Crippen LogP contribution in [0.5, 0.6) is 5.75 Å². The first-order valence-corrected chi connectivity index (χ1v) is 8.70. The van der Waals surface area contributed by atoms with E-state index in [1.807, 2.05) is 32.9 Å². The molecule has 0 saturated heterocycles. The minimum atomic E-state index is -0.149. The molecular formula is C20H28N4O2. The standard InChI is InChI=1S/C20H28N4O2/c1-13(2)17(14(3)18(21-5)24-20(4)9-10-20)19(25)23-11-15-7-8-16(26-6)12-22-15/h7-8,12,24H,5,9-11H2,1-4,6H3,(H,23,25)/b18-14-. The number of carbonyl (C=O) groups excluding carboxylic acids is 1. The fraction of sp³-hybridized carbons (Fsp3) is 0.450. The van der Waals surface area contributed by atoms with Gasteiger partial charge in [0.25, 0.3) is 5.91 Å². The van der Waals surface area contributed by atoms with Crippen LogP contribution in [0.2, 0.25) is 0 Å². The molecule has 0 bridgehead atoms. The van der Waals surface area contributed by atoms with Crippen LogP contribution in [0.3, 0.4) is 0 Å². The second-order valence-electron chi connectivity index (χ2n) is 7.06. The summed E-state index contributed by atoms with van der Waals surface area (Å²) in [4.78, 5) is 21.2. The first kappa shape index (κ1) is 19.7. The largest absolute Gasteiger partial charge is 0.495 e. The Balaban J connectivity index is 2.13. The van der Waals surface area contributed by atoms with Crippen LogP contribution in [0.4, 0.5) is 0 Å². The lowest BCUT2D eigenvalue weighted by molar-refractivity contribution is -0.117. The molecule has 1 heterocycles. The molecule has 0 radical (unpaired) electrons. The Kier molecular flexibility index (Phi) is 6.18. The van der Waals surface area contributed by atoms with E-state index in [9.17, 15) is 4.79 Å². The number of ether oxygens (including phenoxy) is 1. The molecule has 1 aliphatic carbocycles. The maximum atomic E-state index is 12.8. The molecule has 6 heteroatoms. The number of nitrogens with zero attached hydrogens (tertiary/aromatic N) is 2. The summed E-state index contributed by atoms with van der Waals surface area (Å²) >= 11 is 0. The Bertz CT molecular complexity index is 740. The molecule has 0 spiro atoms. The van der Waals surface area contributed by atoms with Crippen molar-refractivity contribution >= 4 is 12.6 Å². The van der Waals surface area contributed by atoms with Gasteiger partial charge in [-0.1, -0.05) is 5.57 Å². The van der Waals surface area contributed by atoms with Gasteiger partial charge in [-0.25, -0.2) is 4.99 Å². The number of pyridine rings is 1. The summed E-state index contributed by atoms with van der Waals surface area (Å²) in [6.45, 7) is 11.9. The van der Waals surface area contributed by atoms with E-state index in [0.29, 0.717) is 23.7 Å². The highest BCUT2D eigenvalue weighted by molar-refractivity contribution is 5.98. The number of nitrogens with one attached hydrogen (secondary N) is 2. The van der Waals surface area contributed by atoms with Crippen LogP contribution in [0.1, 0.15) is 46.2 Å². The minimum Gasteiger partial charge on any atom is -0.495 e. The van der Waals surface area contributed by atoms with Crippen LogP contribution in [0, 0.1) is 0 Å². The van der Waals surface area contributed by atoms with Gasteiger partial charge in [0.2, 0.25) is 0 Å². The van der Waals surface area contributed by atoms with E-state index < -0.39 is 0 Å². The van der Waals surface area contributed by atoms with Crippen molar-refractivity contribution in [1.29, 1.82) is 0 Å². The van der Waals surface area contributed by atoms with E-state index in [2.05, 4.69) is 34.3 Å². The lowest BCUT2D eigenvalue weighted by atomic mass is 10.0. The van der Waals surface area contributed by atoms with E-state index in [1.54, 1.807) is 13.3 Å². The summed E-state index contributed by atoms with van der Waals surface area (Å²) in [7, 11) is 1.59. The zero-order chi connectivity index (χ0) is 19.3. The van der Waals surface area contributed by atoms with Gasteiger partial charge < -0.3 is 15.4 Å². The third kappa shape index (κ3) is 4.94. The lowest BCUT2D eigenvalue weighted by Gasteiger charge is -2.18. The van der Waals surface area contributed by atoms with Gasteiger partial charge in [-0.3, -0.25) is 9.78 Å². The fourth-order valence-corrected chi connectivity index (χ4v) is 2.64. The minimum absolute atomic E-state index is 0.0635. The highest BCUT2D eigenvalue weighted by atomic mass is 16.5. The Labute approximate surface area is 155 Å².